The average Bonchev–Trinajstić information content (AvgIpc) is 3.60. The number of aliphatic hydroxyl groups is 1. The molecule has 3 amide bonds. The molecule has 1 aromatic rings. The Balaban J connectivity index is 1.71. The molecule has 3 saturated heterocycles. The van der Waals surface area contributed by atoms with Crippen molar-refractivity contribution >= 4 is 39.6 Å². The van der Waals surface area contributed by atoms with E-state index in [0.29, 0.717) is 12.8 Å². The maximum absolute atomic E-state index is 14.5. The molecule has 11 heteroatoms. The number of benzene rings is 1. The molecule has 0 saturated carbocycles. The van der Waals surface area contributed by atoms with Gasteiger partial charge in [0.2, 0.25) is 17.7 Å². The Labute approximate surface area is 274 Å². The fourth-order valence-electron chi connectivity index (χ4n) is 7.12. The number of aliphatic hydroxyl groups excluding tert-OH is 1. The summed E-state index contributed by atoms with van der Waals surface area (Å²) in [7, 11) is 0. The van der Waals surface area contributed by atoms with Crippen LogP contribution in [-0.2, 0) is 28.7 Å². The Bertz CT molecular complexity index is 1270. The predicted octanol–water partition coefficient (Wildman–Crippen LogP) is 3.54. The van der Waals surface area contributed by atoms with Gasteiger partial charge in [-0.2, -0.15) is 0 Å². The second-order valence-corrected chi connectivity index (χ2v) is 13.9. The number of carbonyl (C=O) groups is 4. The highest BCUT2D eigenvalue weighted by atomic mass is 79.9. The van der Waals surface area contributed by atoms with Crippen LogP contribution in [0, 0.1) is 17.8 Å². The molecule has 3 aliphatic heterocycles. The minimum atomic E-state index is -1.27. The van der Waals surface area contributed by atoms with Gasteiger partial charge in [0, 0.05) is 23.8 Å². The molecular weight excluding hydrogens is 642 g/mol. The van der Waals surface area contributed by atoms with E-state index in [1.807, 2.05) is 58.0 Å². The van der Waals surface area contributed by atoms with Gasteiger partial charge in [0.25, 0.3) is 0 Å². The maximum atomic E-state index is 14.5. The number of nitrogens with one attached hydrogen (secondary N) is 1. The van der Waals surface area contributed by atoms with Crippen molar-refractivity contribution in [2.45, 2.75) is 87.7 Å². The number of ether oxygens (including phenoxy) is 2. The molecule has 8 atom stereocenters. The maximum Gasteiger partial charge on any atom is 0.306 e. The molecule has 3 fully saturated rings. The Kier molecular flexibility index (Phi) is 11.3. The number of likely N-dealkylation sites (tertiary alicyclic amines) is 1. The number of rotatable bonds is 15. The highest BCUT2D eigenvalue weighted by Gasteiger charge is 2.77. The Morgan fingerprint density at radius 3 is 2.47 bits per heavy atom. The summed E-state index contributed by atoms with van der Waals surface area (Å²) in [6.45, 7) is 14.9. The summed E-state index contributed by atoms with van der Waals surface area (Å²) in [5, 5.41) is 13.5. The highest BCUT2D eigenvalue weighted by Crippen LogP contribution is 2.60. The Morgan fingerprint density at radius 2 is 1.89 bits per heavy atom. The number of hydrogen-bond acceptors (Lipinski definition) is 7. The molecule has 0 radical (unpaired) electrons. The first-order chi connectivity index (χ1) is 21.4. The van der Waals surface area contributed by atoms with E-state index in [2.05, 4.69) is 34.4 Å². The van der Waals surface area contributed by atoms with Gasteiger partial charge in [-0.3, -0.25) is 19.2 Å². The van der Waals surface area contributed by atoms with Crippen LogP contribution in [0.3, 0.4) is 0 Å². The molecule has 1 unspecified atom stereocenters. The lowest BCUT2D eigenvalue weighted by Crippen LogP contribution is -2.60. The Hall–Kier alpha value is -3.02. The SMILES string of the molecule is C=CCCC(=O)OC[C@H](NC(=O)[C@@H]1[C@H]2O[C@@]3(CC2Br)[C@H](C(=O)N(CC=C)C(C)C)N([C@@H](CO)C(C)C)C(=O)[C@@H]13)c1ccccc1. The summed E-state index contributed by atoms with van der Waals surface area (Å²) in [5.41, 5.74) is -0.536. The molecular formula is C34H46BrN3O7. The van der Waals surface area contributed by atoms with Gasteiger partial charge in [-0.25, -0.2) is 0 Å². The number of carbonyl (C=O) groups excluding carboxylic acids is 4. The van der Waals surface area contributed by atoms with Crippen LogP contribution in [0.5, 0.6) is 0 Å². The molecule has 1 spiro atoms. The molecule has 0 aromatic heterocycles. The van der Waals surface area contributed by atoms with Crippen molar-refractivity contribution in [2.24, 2.45) is 17.8 Å². The molecule has 4 rings (SSSR count). The first kappa shape index (κ1) is 34.8. The summed E-state index contributed by atoms with van der Waals surface area (Å²) < 4.78 is 12.2. The van der Waals surface area contributed by atoms with Crippen molar-refractivity contribution < 1.29 is 33.8 Å². The van der Waals surface area contributed by atoms with E-state index in [9.17, 15) is 24.3 Å². The third-order valence-corrected chi connectivity index (χ3v) is 10.1. The van der Waals surface area contributed by atoms with Gasteiger partial charge >= 0.3 is 5.97 Å². The highest BCUT2D eigenvalue weighted by molar-refractivity contribution is 9.09. The van der Waals surface area contributed by atoms with Gasteiger partial charge in [-0.1, -0.05) is 72.3 Å². The van der Waals surface area contributed by atoms with E-state index < -0.39 is 53.5 Å². The first-order valence-electron chi connectivity index (χ1n) is 15.7. The van der Waals surface area contributed by atoms with Gasteiger partial charge in [0.15, 0.2) is 0 Å². The summed E-state index contributed by atoms with van der Waals surface area (Å²) in [5.74, 6) is -3.54. The number of esters is 1. The number of halogens is 1. The van der Waals surface area contributed by atoms with Gasteiger partial charge < -0.3 is 29.7 Å². The standard InChI is InChI=1S/C34H46BrN3O7/c1-7-9-15-26(40)44-19-24(22-13-11-10-12-14-22)36-31(41)27-28-32(42)38(25(18-39)20(3)4)30(33(43)37(16-8-2)21(5)6)34(28)17-23(35)29(27)45-34/h7-8,10-14,20-21,23-25,27-30,39H,1-2,9,15-19H2,3-6H3,(H,36,41)/t23?,24-,25-,27-,28+,29-,30-,34+/m0/s1. The lowest BCUT2D eigenvalue weighted by Gasteiger charge is -2.41. The van der Waals surface area contributed by atoms with Crippen LogP contribution >= 0.6 is 15.9 Å². The number of fused-ring (bicyclic) bond motifs is 1. The van der Waals surface area contributed by atoms with Crippen molar-refractivity contribution in [3.05, 3.63) is 61.2 Å². The number of hydrogen-bond donors (Lipinski definition) is 2. The first-order valence-corrected chi connectivity index (χ1v) is 16.6. The van der Waals surface area contributed by atoms with Crippen LogP contribution in [0.25, 0.3) is 0 Å². The summed E-state index contributed by atoms with van der Waals surface area (Å²) in [4.78, 5) is 58.4. The van der Waals surface area contributed by atoms with Crippen LogP contribution in [0.1, 0.15) is 58.6 Å². The predicted molar refractivity (Wildman–Crippen MR) is 173 cm³/mol. The summed E-state index contributed by atoms with van der Waals surface area (Å²) >= 11 is 3.71. The zero-order valence-corrected chi connectivity index (χ0v) is 28.1. The van der Waals surface area contributed by atoms with E-state index in [1.54, 1.807) is 17.1 Å². The van der Waals surface area contributed by atoms with Crippen molar-refractivity contribution in [2.75, 3.05) is 19.8 Å². The molecule has 45 heavy (non-hydrogen) atoms. The summed E-state index contributed by atoms with van der Waals surface area (Å²) in [6.07, 6.45) is 3.62. The van der Waals surface area contributed by atoms with Gasteiger partial charge in [0.1, 0.15) is 18.2 Å². The third-order valence-electron chi connectivity index (χ3n) is 9.29. The van der Waals surface area contributed by atoms with E-state index in [0.717, 1.165) is 5.56 Å². The molecule has 3 heterocycles. The van der Waals surface area contributed by atoms with E-state index in [4.69, 9.17) is 9.47 Å². The molecule has 2 N–H and O–H groups in total. The van der Waals surface area contributed by atoms with Crippen LogP contribution < -0.4 is 5.32 Å². The average molecular weight is 689 g/mol. The quantitative estimate of drug-likeness (QED) is 0.164. The number of alkyl halides is 1. The molecule has 0 aliphatic carbocycles. The molecule has 2 bridgehead atoms. The lowest BCUT2D eigenvalue weighted by molar-refractivity contribution is -0.153. The van der Waals surface area contributed by atoms with E-state index in [-0.39, 0.29) is 54.8 Å². The molecule has 1 aromatic carbocycles. The second kappa shape index (κ2) is 14.6. The minimum Gasteiger partial charge on any atom is -0.463 e. The zero-order chi connectivity index (χ0) is 33.1. The molecule has 246 valence electrons. The molecule has 3 aliphatic rings. The van der Waals surface area contributed by atoms with Crippen LogP contribution in [0.15, 0.2) is 55.6 Å². The van der Waals surface area contributed by atoms with Crippen LogP contribution in [0.4, 0.5) is 0 Å². The number of allylic oxidation sites excluding steroid dienone is 1. The van der Waals surface area contributed by atoms with Crippen molar-refractivity contribution in [1.82, 2.24) is 15.1 Å². The van der Waals surface area contributed by atoms with Gasteiger partial charge in [-0.05, 0) is 38.2 Å². The Morgan fingerprint density at radius 1 is 1.20 bits per heavy atom. The number of amides is 3. The lowest BCUT2D eigenvalue weighted by atomic mass is 9.70. The van der Waals surface area contributed by atoms with Crippen LogP contribution in [0.2, 0.25) is 0 Å². The van der Waals surface area contributed by atoms with Crippen molar-refractivity contribution in [3.8, 4) is 0 Å². The van der Waals surface area contributed by atoms with Crippen molar-refractivity contribution in [3.63, 3.8) is 0 Å². The largest absolute Gasteiger partial charge is 0.463 e. The minimum absolute atomic E-state index is 0.0937. The zero-order valence-electron chi connectivity index (χ0n) is 26.6. The van der Waals surface area contributed by atoms with E-state index in [1.165, 1.54) is 4.90 Å². The topological polar surface area (TPSA) is 125 Å². The monoisotopic (exact) mass is 687 g/mol. The van der Waals surface area contributed by atoms with E-state index >= 15 is 0 Å². The second-order valence-electron chi connectivity index (χ2n) is 12.8. The fourth-order valence-corrected chi connectivity index (χ4v) is 8.06. The van der Waals surface area contributed by atoms with Crippen molar-refractivity contribution in [1.29, 1.82) is 0 Å². The van der Waals surface area contributed by atoms with Gasteiger partial charge in [0.05, 0.1) is 36.6 Å². The smallest absolute Gasteiger partial charge is 0.306 e. The summed E-state index contributed by atoms with van der Waals surface area (Å²) in [6, 6.07) is 6.63. The molecule has 10 nitrogen and oxygen atoms in total. The normalized spacial score (nSPS) is 28.1. The number of nitrogens with zero attached hydrogens (tertiary/aromatic N) is 2. The van der Waals surface area contributed by atoms with Crippen LogP contribution in [-0.4, -0.2) is 93.0 Å². The fraction of sp³-hybridized carbons (Fsp3) is 0.588. The van der Waals surface area contributed by atoms with Gasteiger partial charge in [-0.15, -0.1) is 13.2 Å². The third kappa shape index (κ3) is 6.62.